The Hall–Kier alpha value is -0.790. The third kappa shape index (κ3) is 4.71. The third-order valence-corrected chi connectivity index (χ3v) is 2.37. The highest BCUT2D eigenvalue weighted by atomic mass is 16.4. The zero-order chi connectivity index (χ0) is 10.5. The molecule has 0 rings (SSSR count). The molecular formula is C11H19O2-. The summed E-state index contributed by atoms with van der Waals surface area (Å²) in [4.78, 5) is 10.6. The molecule has 0 fully saturated rings. The van der Waals surface area contributed by atoms with Crippen molar-refractivity contribution in [1.29, 1.82) is 0 Å². The molecule has 0 aliphatic rings. The van der Waals surface area contributed by atoms with Crippen molar-refractivity contribution in [2.45, 2.75) is 47.0 Å². The van der Waals surface area contributed by atoms with Gasteiger partial charge >= 0.3 is 0 Å². The lowest BCUT2D eigenvalue weighted by molar-refractivity contribution is -0.317. The van der Waals surface area contributed by atoms with Crippen molar-refractivity contribution in [3.8, 4) is 0 Å². The van der Waals surface area contributed by atoms with E-state index in [0.717, 1.165) is 12.8 Å². The maximum absolute atomic E-state index is 10.6. The highest BCUT2D eigenvalue weighted by Crippen LogP contribution is 2.21. The highest BCUT2D eigenvalue weighted by molar-refractivity contribution is 5.71. The van der Waals surface area contributed by atoms with Gasteiger partial charge in [0.15, 0.2) is 0 Å². The molecule has 76 valence electrons. The van der Waals surface area contributed by atoms with Crippen LogP contribution in [0.3, 0.4) is 0 Å². The Bertz CT molecular complexity index is 202. The van der Waals surface area contributed by atoms with Gasteiger partial charge in [0.05, 0.1) is 0 Å². The smallest absolute Gasteiger partial charge is 0.0470 e. The molecule has 0 atom stereocenters. The first kappa shape index (κ1) is 12.2. The second kappa shape index (κ2) is 5.05. The normalized spacial score (nSPS) is 13.1. The highest BCUT2D eigenvalue weighted by Gasteiger charge is 2.17. The Balaban J connectivity index is 3.96. The molecule has 0 saturated heterocycles. The van der Waals surface area contributed by atoms with Crippen molar-refractivity contribution >= 4 is 5.97 Å². The van der Waals surface area contributed by atoms with E-state index in [9.17, 15) is 9.90 Å². The standard InChI is InChI=1S/C11H20O2/c1-5-9(2)7-6-8-11(3,4)10(12)13/h7H,5-6,8H2,1-4H3,(H,12,13)/p-1/b9-7+. The van der Waals surface area contributed by atoms with Crippen molar-refractivity contribution in [2.24, 2.45) is 5.41 Å². The lowest BCUT2D eigenvalue weighted by atomic mass is 9.88. The molecule has 0 unspecified atom stereocenters. The minimum absolute atomic E-state index is 0.646. The van der Waals surface area contributed by atoms with Gasteiger partial charge in [0, 0.05) is 11.4 Å². The number of carbonyl (C=O) groups is 1. The minimum Gasteiger partial charge on any atom is -0.550 e. The van der Waals surface area contributed by atoms with Gasteiger partial charge in [0.1, 0.15) is 0 Å². The third-order valence-electron chi connectivity index (χ3n) is 2.37. The van der Waals surface area contributed by atoms with Gasteiger partial charge in [-0.1, -0.05) is 32.4 Å². The molecule has 13 heavy (non-hydrogen) atoms. The van der Waals surface area contributed by atoms with E-state index in [2.05, 4.69) is 19.9 Å². The average molecular weight is 183 g/mol. The van der Waals surface area contributed by atoms with Crippen LogP contribution in [0, 0.1) is 5.41 Å². The predicted molar refractivity (Wildman–Crippen MR) is 52.1 cm³/mol. The van der Waals surface area contributed by atoms with E-state index in [1.165, 1.54) is 5.57 Å². The van der Waals surface area contributed by atoms with Crippen LogP contribution in [0.5, 0.6) is 0 Å². The summed E-state index contributed by atoms with van der Waals surface area (Å²) >= 11 is 0. The van der Waals surface area contributed by atoms with Crippen molar-refractivity contribution in [2.75, 3.05) is 0 Å². The molecule has 0 heterocycles. The Labute approximate surface area is 80.7 Å². The van der Waals surface area contributed by atoms with E-state index < -0.39 is 11.4 Å². The Morgan fingerprint density at radius 3 is 2.38 bits per heavy atom. The summed E-state index contributed by atoms with van der Waals surface area (Å²) in [5, 5.41) is 10.6. The van der Waals surface area contributed by atoms with Gasteiger partial charge in [-0.25, -0.2) is 0 Å². The molecule has 0 aliphatic heterocycles. The van der Waals surface area contributed by atoms with Crippen LogP contribution in [0.2, 0.25) is 0 Å². The van der Waals surface area contributed by atoms with Gasteiger partial charge in [0.25, 0.3) is 0 Å². The molecule has 0 aromatic rings. The van der Waals surface area contributed by atoms with Gasteiger partial charge in [-0.3, -0.25) is 0 Å². The van der Waals surface area contributed by atoms with Gasteiger partial charge in [-0.15, -0.1) is 0 Å². The van der Waals surface area contributed by atoms with Crippen LogP contribution in [0.4, 0.5) is 0 Å². The van der Waals surface area contributed by atoms with Crippen LogP contribution >= 0.6 is 0 Å². The number of hydrogen-bond donors (Lipinski definition) is 0. The van der Waals surface area contributed by atoms with E-state index in [-0.39, 0.29) is 0 Å². The number of rotatable bonds is 5. The number of carboxylic acid groups (broad SMARTS) is 1. The van der Waals surface area contributed by atoms with Crippen molar-refractivity contribution < 1.29 is 9.90 Å². The molecule has 0 radical (unpaired) electrons. The molecule has 2 heteroatoms. The Morgan fingerprint density at radius 2 is 2.00 bits per heavy atom. The van der Waals surface area contributed by atoms with Crippen LogP contribution in [-0.4, -0.2) is 5.97 Å². The topological polar surface area (TPSA) is 40.1 Å². The summed E-state index contributed by atoms with van der Waals surface area (Å²) in [7, 11) is 0. The monoisotopic (exact) mass is 183 g/mol. The molecule has 0 amide bonds. The van der Waals surface area contributed by atoms with Gasteiger partial charge < -0.3 is 9.90 Å². The number of allylic oxidation sites excluding steroid dienone is 2. The second-order valence-corrected chi connectivity index (χ2v) is 4.11. The quantitative estimate of drug-likeness (QED) is 0.611. The number of carbonyl (C=O) groups excluding carboxylic acids is 1. The van der Waals surface area contributed by atoms with Crippen LogP contribution in [0.1, 0.15) is 47.0 Å². The summed E-state index contributed by atoms with van der Waals surface area (Å²) in [6.07, 6.45) is 4.60. The zero-order valence-corrected chi connectivity index (χ0v) is 9.02. The van der Waals surface area contributed by atoms with E-state index >= 15 is 0 Å². The molecule has 0 aromatic heterocycles. The first-order chi connectivity index (χ1) is 5.90. The second-order valence-electron chi connectivity index (χ2n) is 4.11. The molecule has 0 bridgehead atoms. The Kier molecular flexibility index (Phi) is 4.74. The van der Waals surface area contributed by atoms with Crippen molar-refractivity contribution in [3.63, 3.8) is 0 Å². The fourth-order valence-electron chi connectivity index (χ4n) is 0.926. The van der Waals surface area contributed by atoms with Crippen LogP contribution in [0.15, 0.2) is 11.6 Å². The summed E-state index contributed by atoms with van der Waals surface area (Å²) in [6, 6.07) is 0. The van der Waals surface area contributed by atoms with E-state index in [4.69, 9.17) is 0 Å². The Morgan fingerprint density at radius 1 is 1.46 bits per heavy atom. The van der Waals surface area contributed by atoms with E-state index in [0.29, 0.717) is 6.42 Å². The van der Waals surface area contributed by atoms with Crippen molar-refractivity contribution in [3.05, 3.63) is 11.6 Å². The van der Waals surface area contributed by atoms with Crippen LogP contribution in [-0.2, 0) is 4.79 Å². The number of carboxylic acids is 1. The fraction of sp³-hybridized carbons (Fsp3) is 0.727. The fourth-order valence-corrected chi connectivity index (χ4v) is 0.926. The largest absolute Gasteiger partial charge is 0.550 e. The summed E-state index contributed by atoms with van der Waals surface area (Å²) in [5.41, 5.74) is 0.610. The lowest BCUT2D eigenvalue weighted by Gasteiger charge is -2.24. The summed E-state index contributed by atoms with van der Waals surface area (Å²) in [6.45, 7) is 7.57. The molecule has 0 spiro atoms. The molecule has 0 aliphatic carbocycles. The molecule has 0 N–H and O–H groups in total. The molecular weight excluding hydrogens is 164 g/mol. The lowest BCUT2D eigenvalue weighted by Crippen LogP contribution is -2.37. The SMILES string of the molecule is CC/C(C)=C/CCC(C)(C)C(=O)[O-]. The summed E-state index contributed by atoms with van der Waals surface area (Å²) < 4.78 is 0. The predicted octanol–water partition coefficient (Wildman–Crippen LogP) is 1.90. The van der Waals surface area contributed by atoms with E-state index in [1.807, 2.05) is 0 Å². The number of hydrogen-bond acceptors (Lipinski definition) is 2. The first-order valence-electron chi connectivity index (χ1n) is 4.77. The number of aliphatic carboxylic acids is 1. The zero-order valence-electron chi connectivity index (χ0n) is 9.02. The maximum Gasteiger partial charge on any atom is 0.0470 e. The maximum atomic E-state index is 10.6. The van der Waals surface area contributed by atoms with Gasteiger partial charge in [0.2, 0.25) is 0 Å². The van der Waals surface area contributed by atoms with Gasteiger partial charge in [-0.2, -0.15) is 0 Å². The van der Waals surface area contributed by atoms with Crippen LogP contribution < -0.4 is 5.11 Å². The molecule has 0 aromatic carbocycles. The summed E-state index contributed by atoms with van der Waals surface area (Å²) in [5.74, 6) is -0.963. The van der Waals surface area contributed by atoms with E-state index in [1.54, 1.807) is 13.8 Å². The average Bonchev–Trinajstić information content (AvgIpc) is 2.03. The molecule has 0 saturated carbocycles. The molecule has 2 nitrogen and oxygen atoms in total. The minimum atomic E-state index is -0.963. The first-order valence-corrected chi connectivity index (χ1v) is 4.77. The van der Waals surface area contributed by atoms with Crippen molar-refractivity contribution in [1.82, 2.24) is 0 Å². The van der Waals surface area contributed by atoms with Crippen LogP contribution in [0.25, 0.3) is 0 Å². The van der Waals surface area contributed by atoms with Gasteiger partial charge in [-0.05, 0) is 26.2 Å².